The maximum atomic E-state index is 12.4. The highest BCUT2D eigenvalue weighted by Gasteiger charge is 2.34. The lowest BCUT2D eigenvalue weighted by Gasteiger charge is -2.41. The minimum absolute atomic E-state index is 0.224. The van der Waals surface area contributed by atoms with Crippen LogP contribution in [-0.2, 0) is 18.6 Å². The second-order valence-electron chi connectivity index (χ2n) is 12.3. The number of rotatable bonds is 28. The molecule has 0 bridgehead atoms. The Morgan fingerprint density at radius 3 is 1.46 bits per heavy atom. The molecule has 0 aliphatic carbocycles. The molecule has 234 valence electrons. The molecule has 0 amide bonds. The maximum Gasteiger partial charge on any atom is 0.305 e. The van der Waals surface area contributed by atoms with Crippen LogP contribution in [0.2, 0.25) is 0 Å². The molecule has 2 unspecified atom stereocenters. The van der Waals surface area contributed by atoms with E-state index in [-0.39, 0.29) is 17.1 Å². The summed E-state index contributed by atoms with van der Waals surface area (Å²) in [5.41, 5.74) is 0. The molecular weight excluding hydrogens is 513 g/mol. The zero-order chi connectivity index (χ0) is 29.4. The van der Waals surface area contributed by atoms with E-state index in [9.17, 15) is 19.4 Å². The molecule has 0 spiro atoms. The summed E-state index contributed by atoms with van der Waals surface area (Å²) >= 11 is 0. The predicted octanol–water partition coefficient (Wildman–Crippen LogP) is 7.72. The minimum atomic E-state index is -4.15. The lowest BCUT2D eigenvalue weighted by Crippen LogP contribution is -2.47. The van der Waals surface area contributed by atoms with E-state index in [0.717, 1.165) is 19.3 Å². The van der Waals surface area contributed by atoms with E-state index in [1.165, 1.54) is 103 Å². The van der Waals surface area contributed by atoms with Crippen molar-refractivity contribution < 1.29 is 33.1 Å². The first-order valence-corrected chi connectivity index (χ1v) is 17.8. The highest BCUT2D eigenvalue weighted by molar-refractivity contribution is 7.51. The van der Waals surface area contributed by atoms with Crippen molar-refractivity contribution in [3.05, 3.63) is 0 Å². The van der Waals surface area contributed by atoms with Crippen LogP contribution in [0, 0.1) is 0 Å². The fourth-order valence-corrected chi connectivity index (χ4v) is 6.98. The van der Waals surface area contributed by atoms with E-state index in [0.29, 0.717) is 12.8 Å². The SMILES string of the molecule is CCCCCCCCCCCCCCCCCCCCCC(=O)OC[C@@H](O)COP(=O)([O-])C(CC)[N+](C)(C)C. The van der Waals surface area contributed by atoms with Gasteiger partial charge in [-0.05, 0) is 6.42 Å². The van der Waals surface area contributed by atoms with Gasteiger partial charge in [0.1, 0.15) is 12.7 Å². The number of esters is 1. The monoisotopic (exact) mass is 577 g/mol. The fraction of sp³-hybridized carbons (Fsp3) is 0.968. The summed E-state index contributed by atoms with van der Waals surface area (Å²) in [5, 5.41) is 9.99. The van der Waals surface area contributed by atoms with Gasteiger partial charge in [0.25, 0.3) is 0 Å². The molecule has 8 heteroatoms. The largest absolute Gasteiger partial charge is 0.774 e. The van der Waals surface area contributed by atoms with E-state index in [2.05, 4.69) is 6.92 Å². The third-order valence-corrected chi connectivity index (χ3v) is 9.79. The van der Waals surface area contributed by atoms with Crippen LogP contribution in [0.3, 0.4) is 0 Å². The van der Waals surface area contributed by atoms with Crippen molar-refractivity contribution in [1.82, 2.24) is 0 Å². The summed E-state index contributed by atoms with van der Waals surface area (Å²) < 4.78 is 22.8. The van der Waals surface area contributed by atoms with Gasteiger partial charge in [0.2, 0.25) is 0 Å². The first kappa shape index (κ1) is 38.5. The fourth-order valence-electron chi connectivity index (χ4n) is 5.13. The maximum absolute atomic E-state index is 12.4. The van der Waals surface area contributed by atoms with Gasteiger partial charge in [-0.2, -0.15) is 0 Å². The van der Waals surface area contributed by atoms with Crippen LogP contribution in [-0.4, -0.2) is 61.8 Å². The standard InChI is InChI=1S/C31H64NO6P/c1-6-8-9-10-11-12-13-14-15-16-17-18-19-20-21-22-23-24-25-26-31(34)37-27-29(33)28-38-39(35,36)30(7-2)32(3,4)5/h29-30,33H,6-28H2,1-5H3/t29-,30?/m1/s1. The van der Waals surface area contributed by atoms with Crippen LogP contribution in [0.25, 0.3) is 0 Å². The van der Waals surface area contributed by atoms with Crippen molar-refractivity contribution in [3.8, 4) is 0 Å². The molecule has 0 rings (SSSR count). The number of hydrogen-bond donors (Lipinski definition) is 1. The zero-order valence-corrected chi connectivity index (χ0v) is 27.2. The summed E-state index contributed by atoms with van der Waals surface area (Å²) in [7, 11) is 1.22. The minimum Gasteiger partial charge on any atom is -0.774 e. The summed E-state index contributed by atoms with van der Waals surface area (Å²) in [6, 6.07) is 0. The molecule has 0 saturated carbocycles. The molecule has 0 aliphatic rings. The van der Waals surface area contributed by atoms with Gasteiger partial charge >= 0.3 is 5.97 Å². The average Bonchev–Trinajstić information content (AvgIpc) is 2.87. The van der Waals surface area contributed by atoms with E-state index in [4.69, 9.17) is 9.26 Å². The molecule has 0 saturated heterocycles. The molecule has 0 radical (unpaired) electrons. The van der Waals surface area contributed by atoms with Crippen molar-refractivity contribution in [2.75, 3.05) is 34.4 Å². The van der Waals surface area contributed by atoms with Crippen LogP contribution >= 0.6 is 7.60 Å². The van der Waals surface area contributed by atoms with Crippen molar-refractivity contribution in [2.24, 2.45) is 0 Å². The van der Waals surface area contributed by atoms with Gasteiger partial charge < -0.3 is 28.3 Å². The van der Waals surface area contributed by atoms with Gasteiger partial charge in [-0.25, -0.2) is 0 Å². The molecule has 0 aromatic carbocycles. The first-order valence-electron chi connectivity index (χ1n) is 16.1. The molecule has 1 N–H and O–H groups in total. The first-order chi connectivity index (χ1) is 18.5. The van der Waals surface area contributed by atoms with Gasteiger partial charge in [-0.1, -0.05) is 129 Å². The zero-order valence-electron chi connectivity index (χ0n) is 26.3. The van der Waals surface area contributed by atoms with Crippen LogP contribution in [0.1, 0.15) is 149 Å². The molecule has 0 aromatic heterocycles. The Balaban J connectivity index is 3.55. The summed E-state index contributed by atoms with van der Waals surface area (Å²) in [6.07, 6.45) is 24.4. The number of ether oxygens (including phenoxy) is 1. The van der Waals surface area contributed by atoms with E-state index < -0.39 is 26.1 Å². The normalized spacial score (nSPS) is 15.2. The molecule has 7 nitrogen and oxygen atoms in total. The Labute approximate surface area is 241 Å². The lowest BCUT2D eigenvalue weighted by molar-refractivity contribution is -0.884. The van der Waals surface area contributed by atoms with Crippen LogP contribution in [0.5, 0.6) is 0 Å². The van der Waals surface area contributed by atoms with Gasteiger partial charge in [-0.3, -0.25) is 4.79 Å². The molecule has 3 atom stereocenters. The third-order valence-electron chi connectivity index (χ3n) is 7.49. The topological polar surface area (TPSA) is 95.9 Å². The predicted molar refractivity (Wildman–Crippen MR) is 161 cm³/mol. The Kier molecular flexibility index (Phi) is 23.9. The Hall–Kier alpha value is -0.460. The van der Waals surface area contributed by atoms with E-state index in [1.54, 1.807) is 28.1 Å². The number of aliphatic hydroxyl groups is 1. The Morgan fingerprint density at radius 2 is 1.10 bits per heavy atom. The van der Waals surface area contributed by atoms with Crippen molar-refractivity contribution in [2.45, 2.75) is 161 Å². The van der Waals surface area contributed by atoms with E-state index in [1.807, 2.05) is 0 Å². The third kappa shape index (κ3) is 22.9. The Morgan fingerprint density at radius 1 is 0.718 bits per heavy atom. The molecule has 39 heavy (non-hydrogen) atoms. The number of nitrogens with zero attached hydrogens (tertiary/aromatic N) is 1. The lowest BCUT2D eigenvalue weighted by atomic mass is 10.0. The Bertz CT molecular complexity index is 625. The van der Waals surface area contributed by atoms with Crippen molar-refractivity contribution >= 4 is 13.6 Å². The molecule has 0 aliphatic heterocycles. The second kappa shape index (κ2) is 24.2. The number of quaternary nitrogens is 1. The number of aliphatic hydroxyl groups excluding tert-OH is 1. The summed E-state index contributed by atoms with van der Waals surface area (Å²) in [5.74, 6) is -1.05. The van der Waals surface area contributed by atoms with Crippen molar-refractivity contribution in [1.29, 1.82) is 0 Å². The van der Waals surface area contributed by atoms with Crippen LogP contribution < -0.4 is 4.89 Å². The van der Waals surface area contributed by atoms with Crippen molar-refractivity contribution in [3.63, 3.8) is 0 Å². The van der Waals surface area contributed by atoms with Gasteiger partial charge in [0.05, 0.1) is 27.7 Å². The molecule has 0 fully saturated rings. The molecular formula is C31H64NO6P. The van der Waals surface area contributed by atoms with Crippen LogP contribution in [0.15, 0.2) is 0 Å². The van der Waals surface area contributed by atoms with Gasteiger partial charge in [-0.15, -0.1) is 0 Å². The molecule has 0 heterocycles. The summed E-state index contributed by atoms with van der Waals surface area (Å²) in [6.45, 7) is 3.42. The number of unbranched alkanes of at least 4 members (excludes halogenated alkanes) is 18. The van der Waals surface area contributed by atoms with Gasteiger partial charge in [0.15, 0.2) is 13.4 Å². The number of carbonyl (C=O) groups excluding carboxylic acids is 1. The number of carbonyl (C=O) groups is 1. The second-order valence-corrected chi connectivity index (χ2v) is 14.2. The quantitative estimate of drug-likeness (QED) is 0.0442. The highest BCUT2D eigenvalue weighted by Crippen LogP contribution is 2.47. The smallest absolute Gasteiger partial charge is 0.305 e. The van der Waals surface area contributed by atoms with Gasteiger partial charge in [0, 0.05) is 12.8 Å². The highest BCUT2D eigenvalue weighted by atomic mass is 31.2. The number of hydrogen-bond acceptors (Lipinski definition) is 6. The van der Waals surface area contributed by atoms with Crippen LogP contribution in [0.4, 0.5) is 0 Å². The molecule has 0 aromatic rings. The average molecular weight is 578 g/mol. The van der Waals surface area contributed by atoms with E-state index >= 15 is 0 Å². The summed E-state index contributed by atoms with van der Waals surface area (Å²) in [4.78, 5) is 24.3.